The van der Waals surface area contributed by atoms with Crippen LogP contribution in [0.5, 0.6) is 0 Å². The van der Waals surface area contributed by atoms with E-state index in [-0.39, 0.29) is 0 Å². The zero-order chi connectivity index (χ0) is 9.26. The molecule has 0 amide bonds. The monoisotopic (exact) mass is 182 g/mol. The molecule has 76 valence electrons. The Kier molecular flexibility index (Phi) is 2.89. The fourth-order valence-electron chi connectivity index (χ4n) is 2.74. The van der Waals surface area contributed by atoms with E-state index in [4.69, 9.17) is 0 Å². The van der Waals surface area contributed by atoms with E-state index in [1.165, 1.54) is 38.9 Å². The van der Waals surface area contributed by atoms with E-state index in [9.17, 15) is 0 Å². The Balaban J connectivity index is 1.83. The first-order valence-electron chi connectivity index (χ1n) is 5.73. The summed E-state index contributed by atoms with van der Waals surface area (Å²) in [5.74, 6) is 0.830. The molecule has 2 nitrogen and oxygen atoms in total. The standard InChI is InChI=1S/C11H22N2/c1-9(2)6-10-8-13-5-3-4-11(13)7-12-10/h9-12H,3-8H2,1-2H3/t10-,11?/m0/s1. The zero-order valence-electron chi connectivity index (χ0n) is 8.92. The SMILES string of the molecule is CC(C)C[C@H]1CN2CCCC2CN1. The third kappa shape index (κ3) is 2.23. The number of nitrogens with zero attached hydrogens (tertiary/aromatic N) is 1. The van der Waals surface area contributed by atoms with Crippen molar-refractivity contribution in [2.24, 2.45) is 5.92 Å². The molecule has 0 aromatic carbocycles. The molecule has 0 spiro atoms. The Morgan fingerprint density at radius 3 is 3.08 bits per heavy atom. The van der Waals surface area contributed by atoms with Crippen LogP contribution < -0.4 is 5.32 Å². The molecule has 0 saturated carbocycles. The van der Waals surface area contributed by atoms with Crippen molar-refractivity contribution in [3.8, 4) is 0 Å². The number of hydrogen-bond acceptors (Lipinski definition) is 2. The van der Waals surface area contributed by atoms with Crippen LogP contribution in [0.25, 0.3) is 0 Å². The maximum Gasteiger partial charge on any atom is 0.0221 e. The molecule has 0 aromatic heterocycles. The molecule has 2 heterocycles. The van der Waals surface area contributed by atoms with Gasteiger partial charge in [-0.05, 0) is 31.7 Å². The summed E-state index contributed by atoms with van der Waals surface area (Å²) in [6, 6.07) is 1.62. The second kappa shape index (κ2) is 3.97. The largest absolute Gasteiger partial charge is 0.311 e. The smallest absolute Gasteiger partial charge is 0.0221 e. The highest BCUT2D eigenvalue weighted by Crippen LogP contribution is 2.21. The summed E-state index contributed by atoms with van der Waals surface area (Å²) in [5.41, 5.74) is 0. The van der Waals surface area contributed by atoms with Gasteiger partial charge in [0.05, 0.1) is 0 Å². The fourth-order valence-corrected chi connectivity index (χ4v) is 2.74. The van der Waals surface area contributed by atoms with Crippen LogP contribution in [0.1, 0.15) is 33.1 Å². The van der Waals surface area contributed by atoms with Crippen molar-refractivity contribution in [1.29, 1.82) is 0 Å². The minimum absolute atomic E-state index is 0.759. The van der Waals surface area contributed by atoms with Crippen molar-refractivity contribution in [3.63, 3.8) is 0 Å². The second-order valence-electron chi connectivity index (χ2n) is 5.03. The average Bonchev–Trinajstić information content (AvgIpc) is 2.49. The van der Waals surface area contributed by atoms with Crippen molar-refractivity contribution in [3.05, 3.63) is 0 Å². The van der Waals surface area contributed by atoms with Crippen molar-refractivity contribution >= 4 is 0 Å². The van der Waals surface area contributed by atoms with E-state index in [2.05, 4.69) is 24.1 Å². The van der Waals surface area contributed by atoms with E-state index >= 15 is 0 Å². The predicted molar refractivity (Wildman–Crippen MR) is 55.8 cm³/mol. The summed E-state index contributed by atoms with van der Waals surface area (Å²) in [7, 11) is 0. The third-order valence-corrected chi connectivity index (χ3v) is 3.35. The minimum atomic E-state index is 0.759. The fraction of sp³-hybridized carbons (Fsp3) is 1.00. The predicted octanol–water partition coefficient (Wildman–Crippen LogP) is 1.47. The lowest BCUT2D eigenvalue weighted by Gasteiger charge is -2.36. The molecule has 0 aliphatic carbocycles. The van der Waals surface area contributed by atoms with Crippen LogP contribution in [0.2, 0.25) is 0 Å². The van der Waals surface area contributed by atoms with Crippen LogP contribution in [0.4, 0.5) is 0 Å². The minimum Gasteiger partial charge on any atom is -0.311 e. The molecule has 0 bridgehead atoms. The Labute approximate surface area is 81.7 Å². The molecule has 2 atom stereocenters. The van der Waals surface area contributed by atoms with Gasteiger partial charge in [-0.15, -0.1) is 0 Å². The van der Waals surface area contributed by atoms with Crippen LogP contribution in [0.3, 0.4) is 0 Å². The van der Waals surface area contributed by atoms with Gasteiger partial charge in [-0.25, -0.2) is 0 Å². The molecule has 1 N–H and O–H groups in total. The Bertz CT molecular complexity index is 167. The molecule has 2 saturated heterocycles. The summed E-state index contributed by atoms with van der Waals surface area (Å²) in [4.78, 5) is 2.68. The Morgan fingerprint density at radius 1 is 1.46 bits per heavy atom. The zero-order valence-corrected chi connectivity index (χ0v) is 8.92. The number of hydrogen-bond donors (Lipinski definition) is 1. The van der Waals surface area contributed by atoms with Gasteiger partial charge >= 0.3 is 0 Å². The lowest BCUT2D eigenvalue weighted by atomic mass is 10.0. The quantitative estimate of drug-likeness (QED) is 0.695. The molecule has 13 heavy (non-hydrogen) atoms. The van der Waals surface area contributed by atoms with E-state index in [0.717, 1.165) is 18.0 Å². The molecule has 2 rings (SSSR count). The van der Waals surface area contributed by atoms with E-state index in [0.29, 0.717) is 0 Å². The van der Waals surface area contributed by atoms with Crippen molar-refractivity contribution in [1.82, 2.24) is 10.2 Å². The summed E-state index contributed by atoms with van der Waals surface area (Å²) < 4.78 is 0. The normalized spacial score (nSPS) is 35.3. The molecular formula is C11H22N2. The topological polar surface area (TPSA) is 15.3 Å². The summed E-state index contributed by atoms with van der Waals surface area (Å²) in [6.07, 6.45) is 4.17. The summed E-state index contributed by atoms with van der Waals surface area (Å²) in [5, 5.41) is 3.68. The second-order valence-corrected chi connectivity index (χ2v) is 5.03. The van der Waals surface area contributed by atoms with Gasteiger partial charge in [0.1, 0.15) is 0 Å². The van der Waals surface area contributed by atoms with Crippen molar-refractivity contribution < 1.29 is 0 Å². The van der Waals surface area contributed by atoms with Crippen LogP contribution in [0, 0.1) is 5.92 Å². The van der Waals surface area contributed by atoms with Gasteiger partial charge < -0.3 is 5.32 Å². The van der Waals surface area contributed by atoms with Crippen LogP contribution >= 0.6 is 0 Å². The maximum atomic E-state index is 3.68. The van der Waals surface area contributed by atoms with Crippen molar-refractivity contribution in [2.45, 2.75) is 45.2 Å². The summed E-state index contributed by atoms with van der Waals surface area (Å²) >= 11 is 0. The molecule has 2 heteroatoms. The van der Waals surface area contributed by atoms with Crippen molar-refractivity contribution in [2.75, 3.05) is 19.6 Å². The molecule has 2 aliphatic rings. The molecule has 2 fully saturated rings. The number of nitrogens with one attached hydrogen (secondary N) is 1. The molecule has 1 unspecified atom stereocenters. The van der Waals surface area contributed by atoms with Crippen LogP contribution in [-0.4, -0.2) is 36.6 Å². The van der Waals surface area contributed by atoms with Gasteiger partial charge in [0.2, 0.25) is 0 Å². The Morgan fingerprint density at radius 2 is 2.31 bits per heavy atom. The van der Waals surface area contributed by atoms with Crippen LogP contribution in [-0.2, 0) is 0 Å². The highest BCUT2D eigenvalue weighted by Gasteiger charge is 2.30. The molecule has 2 aliphatic heterocycles. The highest BCUT2D eigenvalue weighted by atomic mass is 15.2. The van der Waals surface area contributed by atoms with Gasteiger partial charge in [-0.3, -0.25) is 4.90 Å². The lowest BCUT2D eigenvalue weighted by Crippen LogP contribution is -2.54. The van der Waals surface area contributed by atoms with Gasteiger partial charge in [0, 0.05) is 25.2 Å². The van der Waals surface area contributed by atoms with Gasteiger partial charge in [-0.2, -0.15) is 0 Å². The molecule has 0 aromatic rings. The number of rotatable bonds is 2. The highest BCUT2D eigenvalue weighted by molar-refractivity contribution is 4.90. The summed E-state index contributed by atoms with van der Waals surface area (Å²) in [6.45, 7) is 8.51. The number of piperazine rings is 1. The first-order valence-corrected chi connectivity index (χ1v) is 5.73. The maximum absolute atomic E-state index is 3.68. The molecular weight excluding hydrogens is 160 g/mol. The van der Waals surface area contributed by atoms with Gasteiger partial charge in [0.15, 0.2) is 0 Å². The average molecular weight is 182 g/mol. The van der Waals surface area contributed by atoms with E-state index in [1.807, 2.05) is 0 Å². The Hall–Kier alpha value is -0.0800. The van der Waals surface area contributed by atoms with Crippen LogP contribution in [0.15, 0.2) is 0 Å². The first kappa shape index (κ1) is 9.47. The van der Waals surface area contributed by atoms with E-state index in [1.54, 1.807) is 0 Å². The lowest BCUT2D eigenvalue weighted by molar-refractivity contribution is 0.162. The van der Waals surface area contributed by atoms with E-state index < -0.39 is 0 Å². The first-order chi connectivity index (χ1) is 6.25. The number of fused-ring (bicyclic) bond motifs is 1. The van der Waals surface area contributed by atoms with Gasteiger partial charge in [-0.1, -0.05) is 13.8 Å². The van der Waals surface area contributed by atoms with Gasteiger partial charge in [0.25, 0.3) is 0 Å². The molecule has 0 radical (unpaired) electrons. The third-order valence-electron chi connectivity index (χ3n) is 3.35.